The molecule has 172 valence electrons. The number of benzene rings is 1. The molecule has 7 heteroatoms. The van der Waals surface area contributed by atoms with E-state index >= 15 is 0 Å². The summed E-state index contributed by atoms with van der Waals surface area (Å²) in [5, 5.41) is 9.15. The first-order valence-corrected chi connectivity index (χ1v) is 12.2. The number of aromatic amines is 1. The molecule has 0 bridgehead atoms. The van der Waals surface area contributed by atoms with E-state index in [0.29, 0.717) is 17.6 Å². The van der Waals surface area contributed by atoms with E-state index in [2.05, 4.69) is 51.7 Å². The Bertz CT molecular complexity index is 1140. The predicted octanol–water partition coefficient (Wildman–Crippen LogP) is 3.88. The van der Waals surface area contributed by atoms with E-state index in [1.54, 1.807) is 6.07 Å². The quantitative estimate of drug-likeness (QED) is 0.660. The molecular formula is C26H33N7. The van der Waals surface area contributed by atoms with Gasteiger partial charge < -0.3 is 14.8 Å². The van der Waals surface area contributed by atoms with E-state index < -0.39 is 0 Å². The molecule has 2 aliphatic rings. The summed E-state index contributed by atoms with van der Waals surface area (Å²) < 4.78 is 0. The van der Waals surface area contributed by atoms with Crippen LogP contribution < -0.4 is 4.90 Å². The second kappa shape index (κ2) is 9.50. The van der Waals surface area contributed by atoms with Gasteiger partial charge in [-0.3, -0.25) is 4.90 Å². The van der Waals surface area contributed by atoms with Crippen LogP contribution in [0.3, 0.4) is 0 Å². The fourth-order valence-corrected chi connectivity index (χ4v) is 5.23. The minimum Gasteiger partial charge on any atom is -0.355 e. The Morgan fingerprint density at radius 1 is 1.00 bits per heavy atom. The van der Waals surface area contributed by atoms with Crippen LogP contribution in [0.2, 0.25) is 0 Å². The molecule has 0 spiro atoms. The molecule has 0 amide bonds. The summed E-state index contributed by atoms with van der Waals surface area (Å²) in [6, 6.07) is 15.2. The summed E-state index contributed by atoms with van der Waals surface area (Å²) in [6.45, 7) is 11.4. The summed E-state index contributed by atoms with van der Waals surface area (Å²) in [5.74, 6) is 1.76. The minimum absolute atomic E-state index is 0.628. The van der Waals surface area contributed by atoms with Gasteiger partial charge in [-0.15, -0.1) is 0 Å². The Hall–Kier alpha value is -2.95. The van der Waals surface area contributed by atoms with Gasteiger partial charge in [0, 0.05) is 38.3 Å². The Balaban J connectivity index is 1.27. The van der Waals surface area contributed by atoms with Crippen LogP contribution in [0.1, 0.15) is 38.7 Å². The topological polar surface area (TPSA) is 75.1 Å². The second-order valence-corrected chi connectivity index (χ2v) is 9.55. The predicted molar refractivity (Wildman–Crippen MR) is 132 cm³/mol. The summed E-state index contributed by atoms with van der Waals surface area (Å²) in [4.78, 5) is 20.7. The molecule has 5 rings (SSSR count). The van der Waals surface area contributed by atoms with Crippen LogP contribution in [0.5, 0.6) is 0 Å². The largest absolute Gasteiger partial charge is 0.355 e. The molecule has 0 radical (unpaired) electrons. The Morgan fingerprint density at radius 2 is 1.85 bits per heavy atom. The molecule has 0 aliphatic carbocycles. The molecule has 1 aromatic carbocycles. The summed E-state index contributed by atoms with van der Waals surface area (Å²) in [7, 11) is 0. The van der Waals surface area contributed by atoms with Gasteiger partial charge in [0.15, 0.2) is 5.82 Å². The fourth-order valence-electron chi connectivity index (χ4n) is 5.23. The van der Waals surface area contributed by atoms with Gasteiger partial charge in [0.2, 0.25) is 0 Å². The van der Waals surface area contributed by atoms with Crippen molar-refractivity contribution in [1.29, 1.82) is 5.26 Å². The van der Waals surface area contributed by atoms with Crippen molar-refractivity contribution in [1.82, 2.24) is 24.8 Å². The van der Waals surface area contributed by atoms with Crippen LogP contribution in [0.4, 0.5) is 5.82 Å². The zero-order valence-electron chi connectivity index (χ0n) is 19.7. The maximum absolute atomic E-state index is 9.15. The first-order chi connectivity index (χ1) is 16.1. The fraction of sp³-hybridized carbons (Fsp3) is 0.500. The van der Waals surface area contributed by atoms with E-state index in [1.165, 1.54) is 32.5 Å². The molecule has 33 heavy (non-hydrogen) atoms. The van der Waals surface area contributed by atoms with Gasteiger partial charge in [-0.25, -0.2) is 9.97 Å². The zero-order chi connectivity index (χ0) is 22.8. The first kappa shape index (κ1) is 21.9. The third-order valence-electron chi connectivity index (χ3n) is 7.19. The maximum Gasteiger partial charge on any atom is 0.157 e. The number of aromatic nitrogens is 3. The average molecular weight is 444 g/mol. The van der Waals surface area contributed by atoms with Crippen molar-refractivity contribution in [2.24, 2.45) is 0 Å². The van der Waals surface area contributed by atoms with Gasteiger partial charge in [-0.2, -0.15) is 5.26 Å². The number of imidazole rings is 1. The summed E-state index contributed by atoms with van der Waals surface area (Å²) >= 11 is 0. The van der Waals surface area contributed by atoms with E-state index in [0.717, 1.165) is 54.4 Å². The summed E-state index contributed by atoms with van der Waals surface area (Å²) in [5.41, 5.74) is 3.18. The van der Waals surface area contributed by atoms with Gasteiger partial charge >= 0.3 is 0 Å². The minimum atomic E-state index is 0.628. The van der Waals surface area contributed by atoms with Crippen LogP contribution in [0.25, 0.3) is 22.6 Å². The van der Waals surface area contributed by atoms with E-state index in [4.69, 9.17) is 15.2 Å². The molecule has 4 heterocycles. The number of nitriles is 1. The molecule has 0 unspecified atom stereocenters. The highest BCUT2D eigenvalue weighted by molar-refractivity contribution is 5.80. The average Bonchev–Trinajstić information content (AvgIpc) is 3.12. The molecular weight excluding hydrogens is 410 g/mol. The third kappa shape index (κ3) is 4.73. The highest BCUT2D eigenvalue weighted by Gasteiger charge is 2.27. The molecule has 0 atom stereocenters. The smallest absolute Gasteiger partial charge is 0.157 e. The maximum atomic E-state index is 9.15. The van der Waals surface area contributed by atoms with E-state index in [9.17, 15) is 0 Å². The van der Waals surface area contributed by atoms with E-state index in [-0.39, 0.29) is 0 Å². The number of likely N-dealkylation sites (tertiary alicyclic amines) is 1. The van der Waals surface area contributed by atoms with Gasteiger partial charge in [0.25, 0.3) is 0 Å². The first-order valence-electron chi connectivity index (χ1n) is 12.2. The standard InChI is InChI=1S/C26H33N7/c1-19(2)31-13-9-21(10-14-31)32-11-4-12-33(16-15-32)25-6-3-5-23(28-25)26-29-22-8-7-20(18-27)17-24(22)30-26/h3,5-8,17,19,21H,4,9-16H2,1-2H3,(H,29,30). The number of rotatable bonds is 4. The van der Waals surface area contributed by atoms with Crippen LogP contribution in [-0.2, 0) is 0 Å². The van der Waals surface area contributed by atoms with Crippen molar-refractivity contribution in [3.63, 3.8) is 0 Å². The van der Waals surface area contributed by atoms with Gasteiger partial charge in [-0.05, 0) is 76.5 Å². The lowest BCUT2D eigenvalue weighted by Crippen LogP contribution is -2.47. The van der Waals surface area contributed by atoms with Gasteiger partial charge in [0.1, 0.15) is 11.5 Å². The Labute approximate surface area is 196 Å². The molecule has 2 fully saturated rings. The Kier molecular flexibility index (Phi) is 6.30. The number of anilines is 1. The molecule has 2 saturated heterocycles. The van der Waals surface area contributed by atoms with E-state index in [1.807, 2.05) is 18.2 Å². The number of piperidine rings is 1. The zero-order valence-corrected chi connectivity index (χ0v) is 19.7. The number of pyridine rings is 1. The van der Waals surface area contributed by atoms with Crippen molar-refractivity contribution >= 4 is 16.9 Å². The molecule has 1 N–H and O–H groups in total. The lowest BCUT2D eigenvalue weighted by atomic mass is 10.0. The van der Waals surface area contributed by atoms with Crippen LogP contribution >= 0.6 is 0 Å². The number of hydrogen-bond acceptors (Lipinski definition) is 6. The van der Waals surface area contributed by atoms with Crippen molar-refractivity contribution in [2.45, 2.75) is 45.2 Å². The molecule has 7 nitrogen and oxygen atoms in total. The van der Waals surface area contributed by atoms with Crippen LogP contribution in [0, 0.1) is 11.3 Å². The highest BCUT2D eigenvalue weighted by atomic mass is 15.3. The highest BCUT2D eigenvalue weighted by Crippen LogP contribution is 2.24. The van der Waals surface area contributed by atoms with Gasteiger partial charge in [-0.1, -0.05) is 6.07 Å². The lowest BCUT2D eigenvalue weighted by Gasteiger charge is -2.39. The monoisotopic (exact) mass is 443 g/mol. The third-order valence-corrected chi connectivity index (χ3v) is 7.19. The number of H-pyrrole nitrogens is 1. The molecule has 2 aromatic heterocycles. The SMILES string of the molecule is CC(C)N1CCC(N2CCCN(c3cccc(-c4nc5ccc(C#N)cc5[nH]4)n3)CC2)CC1. The summed E-state index contributed by atoms with van der Waals surface area (Å²) in [6.07, 6.45) is 3.73. The Morgan fingerprint density at radius 3 is 2.64 bits per heavy atom. The lowest BCUT2D eigenvalue weighted by molar-refractivity contribution is 0.0965. The molecule has 3 aromatic rings. The molecule has 0 saturated carbocycles. The molecule has 2 aliphatic heterocycles. The number of nitrogens with one attached hydrogen (secondary N) is 1. The van der Waals surface area contributed by atoms with Gasteiger partial charge in [0.05, 0.1) is 22.7 Å². The van der Waals surface area contributed by atoms with Crippen molar-refractivity contribution < 1.29 is 0 Å². The number of hydrogen-bond donors (Lipinski definition) is 1. The van der Waals surface area contributed by atoms with Crippen molar-refractivity contribution in [2.75, 3.05) is 44.2 Å². The van der Waals surface area contributed by atoms with Crippen LogP contribution in [0.15, 0.2) is 36.4 Å². The number of nitrogens with zero attached hydrogens (tertiary/aromatic N) is 6. The van der Waals surface area contributed by atoms with Crippen molar-refractivity contribution in [3.8, 4) is 17.6 Å². The number of fused-ring (bicyclic) bond motifs is 1. The normalized spacial score (nSPS) is 19.2. The second-order valence-electron chi connectivity index (χ2n) is 9.55. The van der Waals surface area contributed by atoms with Crippen molar-refractivity contribution in [3.05, 3.63) is 42.0 Å². The van der Waals surface area contributed by atoms with Crippen LogP contribution in [-0.4, -0.2) is 76.1 Å².